The smallest absolute Gasteiger partial charge is 0.344 e. The van der Waals surface area contributed by atoms with Gasteiger partial charge in [0, 0.05) is 6.42 Å². The summed E-state index contributed by atoms with van der Waals surface area (Å²) in [5.74, 6) is 0.341. The summed E-state index contributed by atoms with van der Waals surface area (Å²) in [5, 5.41) is 11.7. The summed E-state index contributed by atoms with van der Waals surface area (Å²) < 4.78 is 5.26. The summed E-state index contributed by atoms with van der Waals surface area (Å²) in [6.07, 6.45) is 2.14. The maximum atomic E-state index is 10.0. The van der Waals surface area contributed by atoms with Crippen molar-refractivity contribution in [1.29, 1.82) is 0 Å². The zero-order chi connectivity index (χ0) is 10.4. The molecule has 0 bridgehead atoms. The largest absolute Gasteiger partial charge is 0.479 e. The van der Waals surface area contributed by atoms with Crippen molar-refractivity contribution in [3.63, 3.8) is 0 Å². The third kappa shape index (κ3) is 3.30. The van der Waals surface area contributed by atoms with Crippen LogP contribution >= 0.6 is 0 Å². The number of aliphatic carboxylic acids is 1. The normalized spacial score (nSPS) is 10.6. The second-order valence-corrected chi connectivity index (χ2v) is 2.56. The number of hydrogen-bond donors (Lipinski definition) is 1. The zero-order valence-electron chi connectivity index (χ0n) is 7.77. The summed E-state index contributed by atoms with van der Waals surface area (Å²) in [6.45, 7) is 1.53. The molecule has 0 aromatic carbocycles. The third-order valence-corrected chi connectivity index (χ3v) is 1.47. The fourth-order valence-electron chi connectivity index (χ4n) is 0.836. The number of aryl methyl sites for hydroxylation is 1. The van der Waals surface area contributed by atoms with E-state index in [0.717, 1.165) is 12.2 Å². The minimum absolute atomic E-state index is 0.447. The van der Waals surface area contributed by atoms with Crippen LogP contribution in [0.25, 0.3) is 0 Å². The summed E-state index contributed by atoms with van der Waals surface area (Å²) in [6, 6.07) is 3.57. The predicted molar refractivity (Wildman–Crippen MR) is 49.3 cm³/mol. The molecule has 0 atom stereocenters. The van der Waals surface area contributed by atoms with Gasteiger partial charge in [-0.2, -0.15) is 0 Å². The molecule has 0 aliphatic carbocycles. The van der Waals surface area contributed by atoms with Crippen LogP contribution in [0.2, 0.25) is 0 Å². The average Bonchev–Trinajstić information content (AvgIpc) is 2.60. The summed E-state index contributed by atoms with van der Waals surface area (Å²) in [5.41, 5.74) is 0. The number of nitrogens with zero attached hydrogens (tertiary/aromatic N) is 1. The fourth-order valence-corrected chi connectivity index (χ4v) is 0.836. The molecular weight excluding hydrogens is 186 g/mol. The second kappa shape index (κ2) is 5.06. The monoisotopic (exact) mass is 197 g/mol. The van der Waals surface area contributed by atoms with Crippen molar-refractivity contribution in [2.45, 2.75) is 13.3 Å². The molecule has 14 heavy (non-hydrogen) atoms. The average molecular weight is 197 g/mol. The molecule has 0 radical (unpaired) electrons. The molecule has 0 aliphatic rings. The minimum atomic E-state index is -1.06. The van der Waals surface area contributed by atoms with E-state index in [1.807, 2.05) is 13.0 Å². The highest BCUT2D eigenvalue weighted by atomic mass is 16.6. The van der Waals surface area contributed by atoms with Crippen LogP contribution < -0.4 is 0 Å². The number of hydrogen-bond acceptors (Lipinski definition) is 4. The Labute approximate surface area is 81.0 Å². The van der Waals surface area contributed by atoms with Gasteiger partial charge in [0.25, 0.3) is 0 Å². The van der Waals surface area contributed by atoms with Gasteiger partial charge >= 0.3 is 5.97 Å². The lowest BCUT2D eigenvalue weighted by molar-refractivity contribution is -0.142. The molecule has 1 heterocycles. The molecule has 0 unspecified atom stereocenters. The summed E-state index contributed by atoms with van der Waals surface area (Å²) in [4.78, 5) is 14.5. The van der Waals surface area contributed by atoms with Crippen molar-refractivity contribution < 1.29 is 19.2 Å². The molecule has 1 aromatic rings. The number of rotatable bonds is 5. The number of carboxylic acid groups (broad SMARTS) is 1. The summed E-state index contributed by atoms with van der Waals surface area (Å²) >= 11 is 0. The Morgan fingerprint density at radius 1 is 1.71 bits per heavy atom. The Balaban J connectivity index is 2.39. The van der Waals surface area contributed by atoms with Crippen LogP contribution in [0.15, 0.2) is 21.7 Å². The van der Waals surface area contributed by atoms with Gasteiger partial charge in [-0.15, -0.1) is 0 Å². The highest BCUT2D eigenvalue weighted by Gasteiger charge is 1.97. The Hall–Kier alpha value is -1.78. The van der Waals surface area contributed by atoms with E-state index in [-0.39, 0.29) is 0 Å². The lowest BCUT2D eigenvalue weighted by Crippen LogP contribution is -2.03. The van der Waals surface area contributed by atoms with Crippen molar-refractivity contribution in [3.8, 4) is 0 Å². The van der Waals surface area contributed by atoms with Gasteiger partial charge in [-0.3, -0.25) is 0 Å². The maximum Gasteiger partial charge on any atom is 0.344 e. The molecule has 1 aromatic heterocycles. The third-order valence-electron chi connectivity index (χ3n) is 1.47. The highest BCUT2D eigenvalue weighted by Crippen LogP contribution is 2.05. The molecule has 0 saturated heterocycles. The number of furan rings is 1. The molecule has 76 valence electrons. The van der Waals surface area contributed by atoms with Crippen LogP contribution in [-0.4, -0.2) is 23.9 Å². The first kappa shape index (κ1) is 10.3. The lowest BCUT2D eigenvalue weighted by Gasteiger charge is -1.91. The van der Waals surface area contributed by atoms with Crippen LogP contribution in [0, 0.1) is 0 Å². The van der Waals surface area contributed by atoms with Gasteiger partial charge in [0.15, 0.2) is 0 Å². The second-order valence-electron chi connectivity index (χ2n) is 2.56. The van der Waals surface area contributed by atoms with E-state index in [2.05, 4.69) is 9.99 Å². The zero-order valence-corrected chi connectivity index (χ0v) is 7.77. The van der Waals surface area contributed by atoms with Crippen LogP contribution in [-0.2, 0) is 16.1 Å². The molecule has 0 spiro atoms. The van der Waals surface area contributed by atoms with Crippen LogP contribution in [0.1, 0.15) is 18.4 Å². The van der Waals surface area contributed by atoms with E-state index < -0.39 is 12.6 Å². The van der Waals surface area contributed by atoms with Crippen LogP contribution in [0.4, 0.5) is 0 Å². The van der Waals surface area contributed by atoms with Gasteiger partial charge in [0.2, 0.25) is 6.61 Å². The molecule has 1 rings (SSSR count). The van der Waals surface area contributed by atoms with Gasteiger partial charge in [0.1, 0.15) is 17.7 Å². The topological polar surface area (TPSA) is 72.0 Å². The summed E-state index contributed by atoms with van der Waals surface area (Å²) in [7, 11) is 0. The molecular formula is C9H11NO4. The Morgan fingerprint density at radius 3 is 3.07 bits per heavy atom. The van der Waals surface area contributed by atoms with Gasteiger partial charge in [-0.1, -0.05) is 12.1 Å². The number of carboxylic acids is 1. The first-order valence-electron chi connectivity index (χ1n) is 4.18. The van der Waals surface area contributed by atoms with Crippen molar-refractivity contribution in [2.75, 3.05) is 6.61 Å². The SMILES string of the molecule is CCc1ccc(C=NOCC(=O)O)o1. The molecule has 0 fully saturated rings. The van der Waals surface area contributed by atoms with E-state index in [4.69, 9.17) is 9.52 Å². The van der Waals surface area contributed by atoms with E-state index >= 15 is 0 Å². The molecule has 0 saturated carbocycles. The van der Waals surface area contributed by atoms with Crippen molar-refractivity contribution in [1.82, 2.24) is 0 Å². The Bertz CT molecular complexity index is 329. The molecule has 0 amide bonds. The number of oxime groups is 1. The van der Waals surface area contributed by atoms with Crippen LogP contribution in [0.5, 0.6) is 0 Å². The Morgan fingerprint density at radius 2 is 2.50 bits per heavy atom. The highest BCUT2D eigenvalue weighted by molar-refractivity contribution is 5.75. The first-order chi connectivity index (χ1) is 6.72. The van der Waals surface area contributed by atoms with Crippen molar-refractivity contribution >= 4 is 12.2 Å². The van der Waals surface area contributed by atoms with Crippen LogP contribution in [0.3, 0.4) is 0 Å². The predicted octanol–water partition coefficient (Wildman–Crippen LogP) is 1.28. The van der Waals surface area contributed by atoms with E-state index in [1.54, 1.807) is 6.07 Å². The standard InChI is InChI=1S/C9H11NO4/c1-2-7-3-4-8(14-7)5-10-13-6-9(11)12/h3-5H,2,6H2,1H3,(H,11,12). The fraction of sp³-hybridized carbons (Fsp3) is 0.333. The van der Waals surface area contributed by atoms with Crippen molar-refractivity contribution in [2.24, 2.45) is 5.16 Å². The first-order valence-corrected chi connectivity index (χ1v) is 4.18. The van der Waals surface area contributed by atoms with E-state index in [1.165, 1.54) is 6.21 Å². The van der Waals surface area contributed by atoms with Gasteiger partial charge in [-0.05, 0) is 12.1 Å². The maximum absolute atomic E-state index is 10.0. The number of carbonyl (C=O) groups is 1. The Kier molecular flexibility index (Phi) is 3.72. The molecule has 5 heteroatoms. The van der Waals surface area contributed by atoms with Gasteiger partial charge in [0.05, 0.1) is 0 Å². The van der Waals surface area contributed by atoms with E-state index in [0.29, 0.717) is 5.76 Å². The minimum Gasteiger partial charge on any atom is -0.479 e. The molecule has 5 nitrogen and oxygen atoms in total. The quantitative estimate of drug-likeness (QED) is 0.570. The van der Waals surface area contributed by atoms with Gasteiger partial charge in [-0.25, -0.2) is 4.79 Å². The lowest BCUT2D eigenvalue weighted by atomic mass is 10.4. The molecule has 1 N–H and O–H groups in total. The van der Waals surface area contributed by atoms with E-state index in [9.17, 15) is 4.79 Å². The van der Waals surface area contributed by atoms with Gasteiger partial charge < -0.3 is 14.4 Å². The van der Waals surface area contributed by atoms with Crippen molar-refractivity contribution in [3.05, 3.63) is 23.7 Å². The molecule has 0 aliphatic heterocycles.